The van der Waals surface area contributed by atoms with Gasteiger partial charge in [0.05, 0.1) is 18.8 Å². The molecule has 1 unspecified atom stereocenters. The molecule has 9 nitrogen and oxygen atoms in total. The van der Waals surface area contributed by atoms with Crippen LogP contribution in [0, 0.1) is 10.8 Å². The van der Waals surface area contributed by atoms with Crippen LogP contribution in [0.15, 0.2) is 59.9 Å². The Bertz CT molecular complexity index is 1650. The minimum absolute atomic E-state index is 0.00756. The lowest BCUT2D eigenvalue weighted by Gasteiger charge is -2.56. The number of carbonyl (C=O) groups excluding carboxylic acids is 3. The van der Waals surface area contributed by atoms with Crippen molar-refractivity contribution in [3.8, 4) is 22.6 Å². The molecule has 3 aliphatic carbocycles. The summed E-state index contributed by atoms with van der Waals surface area (Å²) < 4.78 is 5.62. The second kappa shape index (κ2) is 9.68. The zero-order valence-electron chi connectivity index (χ0n) is 23.9. The van der Waals surface area contributed by atoms with Crippen LogP contribution in [0.3, 0.4) is 0 Å². The number of hydrogen-bond donors (Lipinski definition) is 5. The van der Waals surface area contributed by atoms with Gasteiger partial charge in [-0.1, -0.05) is 32.1 Å². The second-order valence-corrected chi connectivity index (χ2v) is 12.1. The van der Waals surface area contributed by atoms with Crippen molar-refractivity contribution in [1.29, 1.82) is 0 Å². The Balaban J connectivity index is 1.77. The molecule has 4 atom stereocenters. The Labute approximate surface area is 243 Å². The molecule has 9 heteroatoms. The molecule has 0 spiro atoms. The lowest BCUT2D eigenvalue weighted by atomic mass is 9.47. The summed E-state index contributed by atoms with van der Waals surface area (Å²) in [5.74, 6) is -3.88. The predicted octanol–water partition coefficient (Wildman–Crippen LogP) is 4.59. The summed E-state index contributed by atoms with van der Waals surface area (Å²) in [4.78, 5) is 39.3. The van der Waals surface area contributed by atoms with Gasteiger partial charge in [-0.2, -0.15) is 0 Å². The Hall–Kier alpha value is -4.21. The van der Waals surface area contributed by atoms with E-state index in [2.05, 4.69) is 6.58 Å². The lowest BCUT2D eigenvalue weighted by molar-refractivity contribution is -0.164. The predicted molar refractivity (Wildman–Crippen MR) is 154 cm³/mol. The maximum absolute atomic E-state index is 14.2. The summed E-state index contributed by atoms with van der Waals surface area (Å²) in [6, 6.07) is 8.24. The van der Waals surface area contributed by atoms with Crippen molar-refractivity contribution >= 4 is 23.1 Å². The maximum Gasteiger partial charge on any atom is 0.203 e. The van der Waals surface area contributed by atoms with E-state index in [-0.39, 0.29) is 36.1 Å². The number of aliphatic hydroxyl groups is 4. The van der Waals surface area contributed by atoms with E-state index in [0.29, 0.717) is 34.4 Å². The zero-order valence-corrected chi connectivity index (χ0v) is 23.9. The summed E-state index contributed by atoms with van der Waals surface area (Å²) in [5, 5.41) is 56.1. The van der Waals surface area contributed by atoms with Crippen LogP contribution in [-0.2, 0) is 20.8 Å². The summed E-state index contributed by atoms with van der Waals surface area (Å²) in [7, 11) is 1.50. The average molecular weight is 575 g/mol. The molecule has 0 radical (unpaired) electrons. The molecule has 0 aliphatic heterocycles. The molecule has 5 N–H and O–H groups in total. The minimum Gasteiger partial charge on any atom is -0.508 e. The topological polar surface area (TPSA) is 162 Å². The van der Waals surface area contributed by atoms with Gasteiger partial charge in [0.25, 0.3) is 0 Å². The third kappa shape index (κ3) is 3.87. The summed E-state index contributed by atoms with van der Waals surface area (Å²) in [5.41, 5.74) is -3.84. The number of rotatable bonds is 6. The molecule has 0 aromatic heterocycles. The molecular weight excluding hydrogens is 540 g/mol. The number of aliphatic hydroxyl groups excluding tert-OH is 3. The molecule has 0 bridgehead atoms. The standard InChI is InChI=1S/C33H34O9/c1-6-7-21(35)17-8-11-24(42-5)19(12-17)18-9-10-22(36)26-20(18)13-31(3)15-32(4)14-23(37)25(16(2)34)29(39)33(32,41)30(40)27(31)28(26)38/h6,8-12,21,35-36,38-39,41H,1,7,13-15H2,2-5H3/t21?,31-,32+,33+/m1/s1. The van der Waals surface area contributed by atoms with Crippen molar-refractivity contribution in [3.05, 3.63) is 76.6 Å². The van der Waals surface area contributed by atoms with Gasteiger partial charge in [0.2, 0.25) is 5.78 Å². The molecule has 0 amide bonds. The van der Waals surface area contributed by atoms with Gasteiger partial charge < -0.3 is 30.3 Å². The molecule has 42 heavy (non-hydrogen) atoms. The molecule has 220 valence electrons. The molecule has 1 fully saturated rings. The monoisotopic (exact) mass is 574 g/mol. The number of carbonyl (C=O) groups is 3. The largest absolute Gasteiger partial charge is 0.508 e. The fourth-order valence-electron chi connectivity index (χ4n) is 7.34. The fraction of sp³-hybridized carbons (Fsp3) is 0.364. The number of hydrogen-bond acceptors (Lipinski definition) is 9. The van der Waals surface area contributed by atoms with Crippen molar-refractivity contribution in [3.63, 3.8) is 0 Å². The highest BCUT2D eigenvalue weighted by Gasteiger charge is 2.68. The molecule has 0 saturated heterocycles. The Morgan fingerprint density at radius 2 is 1.79 bits per heavy atom. The molecule has 3 aliphatic rings. The highest BCUT2D eigenvalue weighted by atomic mass is 16.5. The van der Waals surface area contributed by atoms with Gasteiger partial charge in [0, 0.05) is 28.4 Å². The Morgan fingerprint density at radius 1 is 1.10 bits per heavy atom. The van der Waals surface area contributed by atoms with Gasteiger partial charge in [-0.05, 0) is 61.1 Å². The van der Waals surface area contributed by atoms with Crippen molar-refractivity contribution in [1.82, 2.24) is 0 Å². The Kier molecular flexibility index (Phi) is 6.75. The van der Waals surface area contributed by atoms with E-state index in [0.717, 1.165) is 6.92 Å². The third-order valence-corrected chi connectivity index (χ3v) is 9.19. The second-order valence-electron chi connectivity index (χ2n) is 12.1. The van der Waals surface area contributed by atoms with Crippen LogP contribution in [-0.4, -0.2) is 55.6 Å². The molecule has 2 aromatic carbocycles. The highest BCUT2D eigenvalue weighted by molar-refractivity contribution is 6.23. The number of aromatic hydroxyl groups is 1. The first-order valence-electron chi connectivity index (χ1n) is 13.7. The third-order valence-electron chi connectivity index (χ3n) is 9.19. The first kappa shape index (κ1) is 29.3. The van der Waals surface area contributed by atoms with Gasteiger partial charge in [0.15, 0.2) is 17.2 Å². The van der Waals surface area contributed by atoms with Gasteiger partial charge in [0.1, 0.15) is 28.6 Å². The normalized spacial score (nSPS) is 27.7. The van der Waals surface area contributed by atoms with Crippen molar-refractivity contribution in [2.75, 3.05) is 7.11 Å². The van der Waals surface area contributed by atoms with Crippen molar-refractivity contribution < 1.29 is 44.7 Å². The molecular formula is C33H34O9. The molecule has 2 aromatic rings. The number of phenolic OH excluding ortho intramolecular Hbond substituents is 1. The van der Waals surface area contributed by atoms with Crippen LogP contribution < -0.4 is 4.74 Å². The molecule has 5 rings (SSSR count). The van der Waals surface area contributed by atoms with E-state index in [4.69, 9.17) is 4.74 Å². The van der Waals surface area contributed by atoms with Gasteiger partial charge in [-0.25, -0.2) is 0 Å². The van der Waals surface area contributed by atoms with E-state index in [1.54, 1.807) is 37.3 Å². The van der Waals surface area contributed by atoms with E-state index in [1.807, 2.05) is 0 Å². The quantitative estimate of drug-likeness (QED) is 0.245. The number of benzene rings is 2. The number of ketones is 3. The van der Waals surface area contributed by atoms with Crippen LogP contribution in [0.25, 0.3) is 16.9 Å². The number of phenols is 1. The van der Waals surface area contributed by atoms with Gasteiger partial charge in [-0.15, -0.1) is 6.58 Å². The lowest BCUT2D eigenvalue weighted by Crippen LogP contribution is -2.65. The number of allylic oxidation sites excluding steroid dienone is 1. The van der Waals surface area contributed by atoms with Gasteiger partial charge >= 0.3 is 0 Å². The van der Waals surface area contributed by atoms with E-state index in [1.165, 1.54) is 20.1 Å². The number of methoxy groups -OCH3 is 1. The zero-order chi connectivity index (χ0) is 30.9. The number of Topliss-reactive ketones (excluding diaryl/α,β-unsaturated/α-hetero) is 3. The molecule has 1 saturated carbocycles. The minimum atomic E-state index is -2.63. The highest BCUT2D eigenvalue weighted by Crippen LogP contribution is 2.63. The first-order chi connectivity index (χ1) is 19.6. The molecule has 0 heterocycles. The first-order valence-corrected chi connectivity index (χ1v) is 13.7. The number of ether oxygens (including phenoxy) is 1. The van der Waals surface area contributed by atoms with Crippen molar-refractivity contribution in [2.45, 2.75) is 58.2 Å². The van der Waals surface area contributed by atoms with Crippen LogP contribution in [0.5, 0.6) is 11.5 Å². The summed E-state index contributed by atoms with van der Waals surface area (Å²) in [6.07, 6.45) is 0.840. The van der Waals surface area contributed by atoms with Crippen LogP contribution in [0.4, 0.5) is 0 Å². The fourth-order valence-corrected chi connectivity index (χ4v) is 7.34. The summed E-state index contributed by atoms with van der Waals surface area (Å²) >= 11 is 0. The Morgan fingerprint density at radius 3 is 2.40 bits per heavy atom. The SMILES string of the molecule is C=CCC(O)c1ccc(OC)c(-c2ccc(O)c3c2C[C@]2(C)C[C@]4(C)CC(=O)C(C(C)=O)=C(O)[C@]4(O)C(=O)C2=C3O)c1. The van der Waals surface area contributed by atoms with E-state index < -0.39 is 57.0 Å². The average Bonchev–Trinajstić information content (AvgIpc) is 2.90. The van der Waals surface area contributed by atoms with Crippen LogP contribution in [0.2, 0.25) is 0 Å². The van der Waals surface area contributed by atoms with E-state index in [9.17, 15) is 39.9 Å². The van der Waals surface area contributed by atoms with Crippen molar-refractivity contribution in [2.24, 2.45) is 10.8 Å². The van der Waals surface area contributed by atoms with Gasteiger partial charge in [-0.3, -0.25) is 14.4 Å². The summed E-state index contributed by atoms with van der Waals surface area (Å²) in [6.45, 7) is 7.99. The number of fused-ring (bicyclic) bond motifs is 3. The smallest absolute Gasteiger partial charge is 0.203 e. The van der Waals surface area contributed by atoms with E-state index >= 15 is 0 Å². The van der Waals surface area contributed by atoms with Crippen LogP contribution in [0.1, 0.15) is 62.8 Å². The maximum atomic E-state index is 14.2. The van der Waals surface area contributed by atoms with Crippen LogP contribution >= 0.6 is 0 Å².